The maximum atomic E-state index is 13.2. The minimum absolute atomic E-state index is 0.0417. The maximum Gasteiger partial charge on any atom is 0.260 e. The zero-order valence-electron chi connectivity index (χ0n) is 18.7. The number of para-hydroxylation sites is 1. The van der Waals surface area contributed by atoms with Crippen molar-refractivity contribution in [1.29, 1.82) is 0 Å². The summed E-state index contributed by atoms with van der Waals surface area (Å²) in [5, 5.41) is 0. The third-order valence-electron chi connectivity index (χ3n) is 5.65. The summed E-state index contributed by atoms with van der Waals surface area (Å²) < 4.78 is 24.5. The summed E-state index contributed by atoms with van der Waals surface area (Å²) in [5.74, 6) is 0.910. The summed E-state index contributed by atoms with van der Waals surface area (Å²) >= 11 is 0. The molecule has 2 unspecified atom stereocenters. The SMILES string of the molecule is CC=Cc1cccc(OC)c1OCC(=O)N1CC(C)N(Cc2ccc(F)cc2)CC1C. The number of nitrogens with zero attached hydrogens (tertiary/aromatic N) is 2. The highest BCUT2D eigenvalue weighted by Crippen LogP contribution is 2.32. The second kappa shape index (κ2) is 10.4. The molecular weight excluding hydrogens is 395 g/mol. The van der Waals surface area contributed by atoms with Gasteiger partial charge in [-0.1, -0.05) is 36.4 Å². The topological polar surface area (TPSA) is 42.0 Å². The Balaban J connectivity index is 1.63. The van der Waals surface area contributed by atoms with Crippen molar-refractivity contribution in [1.82, 2.24) is 9.80 Å². The largest absolute Gasteiger partial charge is 0.493 e. The Morgan fingerprint density at radius 1 is 1.13 bits per heavy atom. The van der Waals surface area contributed by atoms with Crippen molar-refractivity contribution in [2.45, 2.75) is 39.4 Å². The molecule has 1 amide bonds. The van der Waals surface area contributed by atoms with E-state index in [-0.39, 0.29) is 30.4 Å². The van der Waals surface area contributed by atoms with E-state index in [9.17, 15) is 9.18 Å². The number of amides is 1. The molecule has 1 fully saturated rings. The van der Waals surface area contributed by atoms with Gasteiger partial charge in [0.1, 0.15) is 5.82 Å². The molecule has 2 aromatic carbocycles. The molecule has 1 aliphatic rings. The predicted octanol–water partition coefficient (Wildman–Crippen LogP) is 4.37. The number of hydrogen-bond acceptors (Lipinski definition) is 4. The van der Waals surface area contributed by atoms with Gasteiger partial charge in [-0.05, 0) is 44.5 Å². The number of methoxy groups -OCH3 is 1. The zero-order valence-corrected chi connectivity index (χ0v) is 18.7. The van der Waals surface area contributed by atoms with Crippen LogP contribution in [0.5, 0.6) is 11.5 Å². The molecule has 1 heterocycles. The van der Waals surface area contributed by atoms with Gasteiger partial charge in [-0.25, -0.2) is 4.39 Å². The van der Waals surface area contributed by atoms with Gasteiger partial charge < -0.3 is 14.4 Å². The second-order valence-corrected chi connectivity index (χ2v) is 7.97. The van der Waals surface area contributed by atoms with Crippen LogP contribution in [0.2, 0.25) is 0 Å². The summed E-state index contributed by atoms with van der Waals surface area (Å²) in [6.07, 6.45) is 3.86. The molecular formula is C25H31FN2O3. The fourth-order valence-electron chi connectivity index (χ4n) is 3.97. The Morgan fingerprint density at radius 2 is 1.87 bits per heavy atom. The number of halogens is 1. The third-order valence-corrected chi connectivity index (χ3v) is 5.65. The summed E-state index contributed by atoms with van der Waals surface area (Å²) in [4.78, 5) is 17.2. The first-order chi connectivity index (χ1) is 14.9. The molecule has 1 aliphatic heterocycles. The first kappa shape index (κ1) is 22.8. The van der Waals surface area contributed by atoms with Gasteiger partial charge >= 0.3 is 0 Å². The predicted molar refractivity (Wildman–Crippen MR) is 121 cm³/mol. The summed E-state index contributed by atoms with van der Waals surface area (Å²) in [6.45, 7) is 8.17. The van der Waals surface area contributed by atoms with Crippen LogP contribution in [0.25, 0.3) is 6.08 Å². The van der Waals surface area contributed by atoms with Crippen LogP contribution in [0.3, 0.4) is 0 Å². The van der Waals surface area contributed by atoms with Gasteiger partial charge in [0.15, 0.2) is 18.1 Å². The van der Waals surface area contributed by atoms with Crippen molar-refractivity contribution >= 4 is 12.0 Å². The van der Waals surface area contributed by atoms with Gasteiger partial charge in [0.05, 0.1) is 7.11 Å². The smallest absolute Gasteiger partial charge is 0.260 e. The van der Waals surface area contributed by atoms with Gasteiger partial charge in [-0.3, -0.25) is 9.69 Å². The number of benzene rings is 2. The minimum atomic E-state index is -0.229. The number of ether oxygens (including phenoxy) is 2. The van der Waals surface area contributed by atoms with Gasteiger partial charge in [0.25, 0.3) is 5.91 Å². The minimum Gasteiger partial charge on any atom is -0.493 e. The molecule has 1 saturated heterocycles. The standard InChI is InChI=1S/C25H31FN2O3/c1-5-7-21-8-6-9-23(30-4)25(21)31-17-24(29)28-15-18(2)27(14-19(28)3)16-20-10-12-22(26)13-11-20/h5-13,18-19H,14-17H2,1-4H3. The fraction of sp³-hybridized carbons (Fsp3) is 0.400. The molecule has 0 N–H and O–H groups in total. The normalized spacial score (nSPS) is 19.6. The zero-order chi connectivity index (χ0) is 22.4. The molecule has 6 heteroatoms. The number of carbonyl (C=O) groups is 1. The highest BCUT2D eigenvalue weighted by molar-refractivity contribution is 5.78. The Labute approximate surface area is 184 Å². The molecule has 166 valence electrons. The molecule has 0 spiro atoms. The molecule has 5 nitrogen and oxygen atoms in total. The van der Waals surface area contributed by atoms with E-state index in [4.69, 9.17) is 9.47 Å². The third kappa shape index (κ3) is 5.64. The molecule has 31 heavy (non-hydrogen) atoms. The van der Waals surface area contributed by atoms with E-state index >= 15 is 0 Å². The van der Waals surface area contributed by atoms with Gasteiger partial charge in [0.2, 0.25) is 0 Å². The number of rotatable bonds is 7. The Bertz CT molecular complexity index is 913. The Hall–Kier alpha value is -2.86. The van der Waals surface area contributed by atoms with Gasteiger partial charge in [-0.2, -0.15) is 0 Å². The molecule has 2 aromatic rings. The summed E-state index contributed by atoms with van der Waals surface area (Å²) in [5.41, 5.74) is 1.94. The van der Waals surface area contributed by atoms with E-state index in [2.05, 4.69) is 18.7 Å². The van der Waals surface area contributed by atoms with Crippen LogP contribution >= 0.6 is 0 Å². The number of piperazine rings is 1. The quantitative estimate of drug-likeness (QED) is 0.660. The van der Waals surface area contributed by atoms with Crippen molar-refractivity contribution in [3.63, 3.8) is 0 Å². The summed E-state index contributed by atoms with van der Waals surface area (Å²) in [7, 11) is 1.59. The Kier molecular flexibility index (Phi) is 7.69. The van der Waals surface area contributed by atoms with Crippen LogP contribution in [-0.2, 0) is 11.3 Å². The molecule has 0 bridgehead atoms. The molecule has 3 rings (SSSR count). The van der Waals surface area contributed by atoms with Gasteiger partial charge in [-0.15, -0.1) is 0 Å². The average molecular weight is 427 g/mol. The lowest BCUT2D eigenvalue weighted by molar-refractivity contribution is -0.139. The van der Waals surface area contributed by atoms with Crippen LogP contribution in [0.15, 0.2) is 48.5 Å². The van der Waals surface area contributed by atoms with Crippen LogP contribution in [0.1, 0.15) is 31.9 Å². The monoisotopic (exact) mass is 426 g/mol. The maximum absolute atomic E-state index is 13.2. The molecule has 0 radical (unpaired) electrons. The number of carbonyl (C=O) groups excluding carboxylic acids is 1. The van der Waals surface area contributed by atoms with Crippen molar-refractivity contribution in [3.05, 3.63) is 65.5 Å². The number of allylic oxidation sites excluding steroid dienone is 1. The van der Waals surface area contributed by atoms with Crippen LogP contribution in [0.4, 0.5) is 4.39 Å². The second-order valence-electron chi connectivity index (χ2n) is 7.97. The van der Waals surface area contributed by atoms with E-state index in [0.717, 1.165) is 24.2 Å². The lowest BCUT2D eigenvalue weighted by atomic mass is 10.1. The highest BCUT2D eigenvalue weighted by atomic mass is 19.1. The number of hydrogen-bond donors (Lipinski definition) is 0. The lowest BCUT2D eigenvalue weighted by Gasteiger charge is -2.44. The first-order valence-electron chi connectivity index (χ1n) is 10.6. The van der Waals surface area contributed by atoms with E-state index in [0.29, 0.717) is 18.0 Å². The fourth-order valence-corrected chi connectivity index (χ4v) is 3.97. The molecule has 0 aliphatic carbocycles. The lowest BCUT2D eigenvalue weighted by Crippen LogP contribution is -2.58. The van der Waals surface area contributed by atoms with Crippen molar-refractivity contribution < 1.29 is 18.7 Å². The summed E-state index contributed by atoms with van der Waals surface area (Å²) in [6, 6.07) is 12.5. The van der Waals surface area contributed by atoms with E-state index < -0.39 is 0 Å². The van der Waals surface area contributed by atoms with E-state index in [1.165, 1.54) is 12.1 Å². The van der Waals surface area contributed by atoms with Crippen molar-refractivity contribution in [3.8, 4) is 11.5 Å². The first-order valence-corrected chi connectivity index (χ1v) is 10.6. The van der Waals surface area contributed by atoms with Crippen LogP contribution in [-0.4, -0.2) is 54.6 Å². The molecule has 0 saturated carbocycles. The van der Waals surface area contributed by atoms with E-state index in [1.807, 2.05) is 54.3 Å². The van der Waals surface area contributed by atoms with E-state index in [1.54, 1.807) is 7.11 Å². The van der Waals surface area contributed by atoms with Crippen LogP contribution < -0.4 is 9.47 Å². The molecule has 2 atom stereocenters. The van der Waals surface area contributed by atoms with Crippen LogP contribution in [0, 0.1) is 5.82 Å². The van der Waals surface area contributed by atoms with Crippen molar-refractivity contribution in [2.24, 2.45) is 0 Å². The molecule has 0 aromatic heterocycles. The van der Waals surface area contributed by atoms with Gasteiger partial charge in [0, 0.05) is 37.3 Å². The highest BCUT2D eigenvalue weighted by Gasteiger charge is 2.32. The Morgan fingerprint density at radius 3 is 2.55 bits per heavy atom. The average Bonchev–Trinajstić information content (AvgIpc) is 2.76. The van der Waals surface area contributed by atoms with Crippen molar-refractivity contribution in [2.75, 3.05) is 26.8 Å².